The van der Waals surface area contributed by atoms with E-state index in [1.165, 1.54) is 64.2 Å². The quantitative estimate of drug-likeness (QED) is 0.0218. The fourth-order valence-electron chi connectivity index (χ4n) is 5.08. The first kappa shape index (κ1) is 47.8. The van der Waals surface area contributed by atoms with Crippen LogP contribution in [0, 0.1) is 0 Å². The van der Waals surface area contributed by atoms with Crippen molar-refractivity contribution in [3.05, 3.63) is 60.8 Å². The van der Waals surface area contributed by atoms with E-state index in [1.54, 1.807) is 0 Å². The van der Waals surface area contributed by atoms with Gasteiger partial charge in [-0.2, -0.15) is 0 Å². The molecule has 0 rings (SSSR count). The third-order valence-electron chi connectivity index (χ3n) is 8.04. The molecule has 0 aliphatic rings. The van der Waals surface area contributed by atoms with Gasteiger partial charge in [0.05, 0.1) is 6.61 Å². The van der Waals surface area contributed by atoms with Crippen LogP contribution in [-0.2, 0) is 28.2 Å². The summed E-state index contributed by atoms with van der Waals surface area (Å²) in [5.41, 5.74) is 0. The Morgan fingerprint density at radius 3 is 1.54 bits per heavy atom. The largest absolute Gasteiger partial charge is 0.469 e. The number of hydrogen-bond donors (Lipinski definition) is 2. The summed E-state index contributed by atoms with van der Waals surface area (Å²) in [5.74, 6) is -0.968. The Hall–Kier alpha value is -2.25. The first-order valence-corrected chi connectivity index (χ1v) is 21.1. The van der Waals surface area contributed by atoms with Crippen molar-refractivity contribution in [3.63, 3.8) is 0 Å². The fourth-order valence-corrected chi connectivity index (χ4v) is 5.44. The van der Waals surface area contributed by atoms with Gasteiger partial charge >= 0.3 is 19.8 Å². The van der Waals surface area contributed by atoms with Crippen molar-refractivity contribution in [1.82, 2.24) is 0 Å². The van der Waals surface area contributed by atoms with E-state index in [-0.39, 0.29) is 19.4 Å². The first-order valence-electron chi connectivity index (χ1n) is 19.6. The molecule has 0 spiro atoms. The van der Waals surface area contributed by atoms with Gasteiger partial charge < -0.3 is 19.3 Å². The monoisotopic (exact) mass is 722 g/mol. The molecule has 0 fully saturated rings. The van der Waals surface area contributed by atoms with E-state index in [0.717, 1.165) is 57.8 Å². The Morgan fingerprint density at radius 1 is 0.540 bits per heavy atom. The zero-order chi connectivity index (χ0) is 36.8. The maximum atomic E-state index is 12.4. The minimum atomic E-state index is -4.77. The van der Waals surface area contributed by atoms with E-state index in [2.05, 4.69) is 73.1 Å². The summed E-state index contributed by atoms with van der Waals surface area (Å²) in [6.45, 7) is 3.59. The summed E-state index contributed by atoms with van der Waals surface area (Å²) >= 11 is 0. The van der Waals surface area contributed by atoms with Crippen LogP contribution in [0.2, 0.25) is 0 Å². The lowest BCUT2D eigenvalue weighted by Gasteiger charge is -2.18. The number of ether oxygens (including phenoxy) is 2. The van der Waals surface area contributed by atoms with Gasteiger partial charge in [-0.1, -0.05) is 145 Å². The van der Waals surface area contributed by atoms with Gasteiger partial charge in [-0.15, -0.1) is 0 Å². The lowest BCUT2D eigenvalue weighted by Crippen LogP contribution is -2.29. The van der Waals surface area contributed by atoms with E-state index < -0.39 is 32.5 Å². The van der Waals surface area contributed by atoms with E-state index in [9.17, 15) is 14.2 Å². The highest BCUT2D eigenvalue weighted by molar-refractivity contribution is 7.46. The molecule has 8 nitrogen and oxygen atoms in total. The second-order valence-corrected chi connectivity index (χ2v) is 14.2. The van der Waals surface area contributed by atoms with Gasteiger partial charge in [-0.05, 0) is 70.6 Å². The van der Waals surface area contributed by atoms with E-state index in [4.69, 9.17) is 19.3 Å². The molecular formula is C41H71O8P. The van der Waals surface area contributed by atoms with Crippen LogP contribution in [0.1, 0.15) is 168 Å². The van der Waals surface area contributed by atoms with Gasteiger partial charge in [0, 0.05) is 12.8 Å². The molecule has 0 aliphatic carbocycles. The Kier molecular flexibility index (Phi) is 34.9. The average molecular weight is 723 g/mol. The zero-order valence-electron chi connectivity index (χ0n) is 31.5. The molecule has 0 unspecified atom stereocenters. The number of rotatable bonds is 35. The second kappa shape index (κ2) is 36.5. The van der Waals surface area contributed by atoms with Crippen LogP contribution in [0.25, 0.3) is 0 Å². The molecule has 0 aromatic rings. The number of allylic oxidation sites excluding steroid dienone is 10. The highest BCUT2D eigenvalue weighted by Gasteiger charge is 2.22. The fraction of sp³-hybridized carbons (Fsp3) is 0.707. The summed E-state index contributed by atoms with van der Waals surface area (Å²) in [4.78, 5) is 42.7. The lowest BCUT2D eigenvalue weighted by molar-refractivity contribution is -0.161. The summed E-state index contributed by atoms with van der Waals surface area (Å²) in [6, 6.07) is 0. The maximum absolute atomic E-state index is 12.4. The van der Waals surface area contributed by atoms with Crippen LogP contribution in [0.15, 0.2) is 60.8 Å². The van der Waals surface area contributed by atoms with E-state index in [0.29, 0.717) is 19.3 Å². The van der Waals surface area contributed by atoms with E-state index >= 15 is 0 Å². The molecule has 0 bridgehead atoms. The molecule has 0 saturated heterocycles. The number of carbonyl (C=O) groups excluding carboxylic acids is 2. The number of esters is 2. The van der Waals surface area contributed by atoms with Crippen molar-refractivity contribution >= 4 is 19.8 Å². The van der Waals surface area contributed by atoms with Gasteiger partial charge in [0.25, 0.3) is 0 Å². The summed E-state index contributed by atoms with van der Waals surface area (Å²) in [7, 11) is -4.77. The first-order chi connectivity index (χ1) is 24.3. The molecular weight excluding hydrogens is 651 g/mol. The van der Waals surface area contributed by atoms with Crippen LogP contribution in [-0.4, -0.2) is 41.0 Å². The van der Waals surface area contributed by atoms with Crippen molar-refractivity contribution in [1.29, 1.82) is 0 Å². The van der Waals surface area contributed by atoms with Crippen LogP contribution >= 0.6 is 7.82 Å². The Bertz CT molecular complexity index is 995. The molecule has 0 saturated carbocycles. The van der Waals surface area contributed by atoms with Crippen LogP contribution in [0.3, 0.4) is 0 Å². The highest BCUT2D eigenvalue weighted by atomic mass is 31.2. The van der Waals surface area contributed by atoms with Gasteiger partial charge in [0.15, 0.2) is 6.10 Å². The standard InChI is InChI=1S/C41H71O8P/c1-3-5-7-9-11-13-15-17-19-20-22-24-26-28-30-32-34-36-41(43)49-39(38-48-50(44,45)46)37-47-40(42)35-33-31-29-27-25-23-21-18-16-14-12-10-8-6-4-2/h14,16-19,21-22,24,28,30,39H,3-13,15,20,23,25-27,29,31-38H2,1-2H3,(H2,44,45,46)/b16-14+,19-17+,21-18+,24-22+,30-28+/t39-/m1/s1. The number of phosphoric ester groups is 1. The molecule has 50 heavy (non-hydrogen) atoms. The minimum absolute atomic E-state index is 0.134. The maximum Gasteiger partial charge on any atom is 0.469 e. The van der Waals surface area contributed by atoms with E-state index in [1.807, 2.05) is 6.08 Å². The Balaban J connectivity index is 4.09. The SMILES string of the molecule is CCCCCC/C=C/C=C/CCCCCCCC(=O)OC[C@H](COP(=O)(O)O)OC(=O)CCC/C=C/C/C=C/C/C=C/CCCCCCCC. The number of phosphoric acid groups is 1. The molecule has 9 heteroatoms. The predicted molar refractivity (Wildman–Crippen MR) is 207 cm³/mol. The Morgan fingerprint density at radius 2 is 0.980 bits per heavy atom. The summed E-state index contributed by atoms with van der Waals surface area (Å²) < 4.78 is 26.3. The van der Waals surface area contributed by atoms with Gasteiger partial charge in [0.1, 0.15) is 6.61 Å². The molecule has 0 amide bonds. The normalized spacial score (nSPS) is 13.1. The molecule has 0 heterocycles. The molecule has 0 radical (unpaired) electrons. The van der Waals surface area contributed by atoms with Crippen molar-refractivity contribution < 1.29 is 37.9 Å². The average Bonchev–Trinajstić information content (AvgIpc) is 3.08. The van der Waals surface area contributed by atoms with Crippen LogP contribution in [0.5, 0.6) is 0 Å². The van der Waals surface area contributed by atoms with Crippen molar-refractivity contribution in [3.8, 4) is 0 Å². The smallest absolute Gasteiger partial charge is 0.462 e. The van der Waals surface area contributed by atoms with Crippen LogP contribution in [0.4, 0.5) is 0 Å². The molecule has 0 aromatic heterocycles. The molecule has 2 N–H and O–H groups in total. The van der Waals surface area contributed by atoms with Crippen molar-refractivity contribution in [2.75, 3.05) is 13.2 Å². The third-order valence-corrected chi connectivity index (χ3v) is 8.52. The topological polar surface area (TPSA) is 119 Å². The molecule has 1 atom stereocenters. The Labute approximate surface area is 305 Å². The van der Waals surface area contributed by atoms with Crippen LogP contribution < -0.4 is 0 Å². The molecule has 288 valence electrons. The summed E-state index contributed by atoms with van der Waals surface area (Å²) in [5, 5.41) is 0. The zero-order valence-corrected chi connectivity index (χ0v) is 32.4. The minimum Gasteiger partial charge on any atom is -0.462 e. The number of unbranched alkanes of at least 4 members (excludes halogenated alkanes) is 16. The highest BCUT2D eigenvalue weighted by Crippen LogP contribution is 2.36. The van der Waals surface area contributed by atoms with Gasteiger partial charge in [-0.3, -0.25) is 14.1 Å². The molecule has 0 aliphatic heterocycles. The molecule has 0 aromatic carbocycles. The summed E-state index contributed by atoms with van der Waals surface area (Å²) in [6.07, 6.45) is 45.2. The van der Waals surface area contributed by atoms with Gasteiger partial charge in [-0.25, -0.2) is 4.57 Å². The number of hydrogen-bond acceptors (Lipinski definition) is 6. The lowest BCUT2D eigenvalue weighted by atomic mass is 10.1. The number of carbonyl (C=O) groups is 2. The third kappa shape index (κ3) is 38.6. The van der Waals surface area contributed by atoms with Crippen molar-refractivity contribution in [2.45, 2.75) is 174 Å². The predicted octanol–water partition coefficient (Wildman–Crippen LogP) is 11.7. The van der Waals surface area contributed by atoms with Gasteiger partial charge in [0.2, 0.25) is 0 Å². The van der Waals surface area contributed by atoms with Crippen molar-refractivity contribution in [2.24, 2.45) is 0 Å². The second-order valence-electron chi connectivity index (χ2n) is 12.9.